The van der Waals surface area contributed by atoms with Gasteiger partial charge in [0.2, 0.25) is 0 Å². The van der Waals surface area contributed by atoms with E-state index in [1.54, 1.807) is 24.3 Å². The molecule has 14 nitrogen and oxygen atoms in total. The summed E-state index contributed by atoms with van der Waals surface area (Å²) in [5.74, 6) is -6.30. The molecule has 37 heavy (non-hydrogen) atoms. The van der Waals surface area contributed by atoms with Crippen LogP contribution in [0.15, 0.2) is 29.3 Å². The summed E-state index contributed by atoms with van der Waals surface area (Å²) in [5, 5.41) is 48.5. The summed E-state index contributed by atoms with van der Waals surface area (Å²) in [4.78, 5) is 64.2. The van der Waals surface area contributed by atoms with Gasteiger partial charge in [0.25, 0.3) is 0 Å². The molecule has 0 heterocycles. The molecule has 0 radical (unpaired) electrons. The van der Waals surface area contributed by atoms with Gasteiger partial charge in [0.15, 0.2) is 0 Å². The van der Waals surface area contributed by atoms with Crippen LogP contribution in [0.4, 0.5) is 5.69 Å². The maximum Gasteiger partial charge on any atom is 0.321 e. The third-order valence-corrected chi connectivity index (χ3v) is 5.20. The van der Waals surface area contributed by atoms with Gasteiger partial charge in [-0.25, -0.2) is 0 Å². The highest BCUT2D eigenvalue weighted by Crippen LogP contribution is 2.16. The van der Waals surface area contributed by atoms with Crippen LogP contribution < -0.4 is 0 Å². The first-order valence-electron chi connectivity index (χ1n) is 10.9. The van der Waals surface area contributed by atoms with Crippen LogP contribution in [0.1, 0.15) is 5.56 Å². The number of isothiocyanates is 1. The van der Waals surface area contributed by atoms with Gasteiger partial charge in [0.05, 0.1) is 37.0 Å². The lowest BCUT2D eigenvalue weighted by molar-refractivity contribution is -0.146. The zero-order valence-electron chi connectivity index (χ0n) is 19.7. The highest BCUT2D eigenvalue weighted by Gasteiger charge is 2.28. The fourth-order valence-corrected chi connectivity index (χ4v) is 3.62. The Morgan fingerprint density at radius 2 is 1.14 bits per heavy atom. The van der Waals surface area contributed by atoms with E-state index in [0.717, 1.165) is 9.80 Å². The van der Waals surface area contributed by atoms with Crippen molar-refractivity contribution in [3.8, 4) is 0 Å². The topological polar surface area (TPSA) is 209 Å². The van der Waals surface area contributed by atoms with E-state index in [-0.39, 0.29) is 32.6 Å². The molecule has 0 unspecified atom stereocenters. The number of aliphatic imine (C=N–C) groups is 1. The Labute approximate surface area is 217 Å². The van der Waals surface area contributed by atoms with Crippen molar-refractivity contribution < 1.29 is 49.5 Å². The van der Waals surface area contributed by atoms with Gasteiger partial charge in [-0.3, -0.25) is 38.7 Å². The largest absolute Gasteiger partial charge is 0.480 e. The first kappa shape index (κ1) is 31.3. The molecule has 15 heteroatoms. The average Bonchev–Trinajstić information content (AvgIpc) is 2.77. The van der Waals surface area contributed by atoms with Crippen molar-refractivity contribution in [1.82, 2.24) is 14.7 Å². The SMILES string of the molecule is O=C(O)CN(CCN(CCN(CC(=O)O)CC(=O)O)[C@@H](Cc1ccc(N=C=S)cc1)C(=O)O)CC(=O)O. The average molecular weight is 541 g/mol. The van der Waals surface area contributed by atoms with Gasteiger partial charge >= 0.3 is 29.8 Å². The zero-order chi connectivity index (χ0) is 28.0. The maximum absolute atomic E-state index is 12.2. The van der Waals surface area contributed by atoms with Crippen LogP contribution >= 0.6 is 12.2 Å². The Balaban J connectivity index is 3.18. The summed E-state index contributed by atoms with van der Waals surface area (Å²) in [6.45, 7) is -2.79. The summed E-state index contributed by atoms with van der Waals surface area (Å²) in [7, 11) is 0. The number of aliphatic carboxylic acids is 5. The van der Waals surface area contributed by atoms with Crippen molar-refractivity contribution >= 4 is 52.9 Å². The molecular weight excluding hydrogens is 512 g/mol. The minimum Gasteiger partial charge on any atom is -0.480 e. The Morgan fingerprint density at radius 3 is 1.46 bits per heavy atom. The molecule has 0 aromatic heterocycles. The van der Waals surface area contributed by atoms with Gasteiger partial charge < -0.3 is 25.5 Å². The zero-order valence-corrected chi connectivity index (χ0v) is 20.5. The molecule has 0 aliphatic carbocycles. The summed E-state index contributed by atoms with van der Waals surface area (Å²) in [5.41, 5.74) is 1.13. The molecule has 202 valence electrons. The van der Waals surface area contributed by atoms with E-state index in [4.69, 9.17) is 20.4 Å². The Bertz CT molecular complexity index is 941. The number of rotatable bonds is 19. The molecule has 1 rings (SSSR count). The molecule has 1 aromatic carbocycles. The van der Waals surface area contributed by atoms with Crippen LogP contribution in [-0.2, 0) is 30.4 Å². The van der Waals surface area contributed by atoms with E-state index >= 15 is 0 Å². The molecule has 0 fully saturated rings. The normalized spacial score (nSPS) is 11.8. The van der Waals surface area contributed by atoms with Crippen LogP contribution in [0.2, 0.25) is 0 Å². The number of carbonyl (C=O) groups is 5. The van der Waals surface area contributed by atoms with Crippen molar-refractivity contribution in [1.29, 1.82) is 0 Å². The van der Waals surface area contributed by atoms with Gasteiger partial charge in [-0.15, -0.1) is 0 Å². The van der Waals surface area contributed by atoms with Crippen molar-refractivity contribution in [3.05, 3.63) is 29.8 Å². The highest BCUT2D eigenvalue weighted by molar-refractivity contribution is 7.78. The molecular formula is C22H28N4O10S. The lowest BCUT2D eigenvalue weighted by Gasteiger charge is -2.32. The minimum absolute atomic E-state index is 0.00730. The number of hydrogen-bond acceptors (Lipinski definition) is 10. The van der Waals surface area contributed by atoms with E-state index in [9.17, 15) is 29.1 Å². The summed E-state index contributed by atoms with van der Waals surface area (Å²) >= 11 is 4.55. The van der Waals surface area contributed by atoms with Gasteiger partial charge in [0, 0.05) is 26.2 Å². The third kappa shape index (κ3) is 13.2. The number of hydrogen-bond donors (Lipinski definition) is 5. The van der Waals surface area contributed by atoms with Gasteiger partial charge in [-0.05, 0) is 36.3 Å². The molecule has 0 aliphatic heterocycles. The predicted molar refractivity (Wildman–Crippen MR) is 131 cm³/mol. The second kappa shape index (κ2) is 16.1. The number of thiocarbonyl (C=S) groups is 1. The Kier molecular flexibility index (Phi) is 13.6. The van der Waals surface area contributed by atoms with Crippen LogP contribution in [0.5, 0.6) is 0 Å². The number of carboxylic acids is 5. The molecule has 0 saturated heterocycles. The standard InChI is InChI=1S/C22H28N4O10S/c27-18(28)10-24(11-19(29)30)5-7-26(8-6-25(12-20(31)32)13-21(33)34)17(22(35)36)9-15-1-3-16(4-2-15)23-14-37/h1-4,17H,5-13H2,(H,27,28)(H,29,30)(H,31,32)(H,33,34)(H,35,36)/t17-/m0/s1. The van der Waals surface area contributed by atoms with Crippen LogP contribution in [0, 0.1) is 0 Å². The molecule has 0 saturated carbocycles. The minimum atomic E-state index is -1.27. The van der Waals surface area contributed by atoms with E-state index in [2.05, 4.69) is 22.4 Å². The first-order chi connectivity index (χ1) is 17.4. The van der Waals surface area contributed by atoms with E-state index in [0.29, 0.717) is 11.3 Å². The predicted octanol–water partition coefficient (Wildman–Crippen LogP) is -0.339. The van der Waals surface area contributed by atoms with Gasteiger partial charge in [-0.2, -0.15) is 4.99 Å². The smallest absolute Gasteiger partial charge is 0.321 e. The molecule has 1 aromatic rings. The van der Waals surface area contributed by atoms with E-state index < -0.39 is 62.1 Å². The molecule has 0 spiro atoms. The number of nitrogens with zero attached hydrogens (tertiary/aromatic N) is 4. The first-order valence-corrected chi connectivity index (χ1v) is 11.3. The summed E-state index contributed by atoms with van der Waals surface area (Å²) in [6.07, 6.45) is -0.00730. The van der Waals surface area contributed by atoms with Crippen molar-refractivity contribution in [3.63, 3.8) is 0 Å². The Hall–Kier alpha value is -3.75. The highest BCUT2D eigenvalue weighted by atomic mass is 32.1. The molecule has 0 aliphatic rings. The van der Waals surface area contributed by atoms with Gasteiger partial charge in [0.1, 0.15) is 6.04 Å². The Morgan fingerprint density at radius 1 is 0.730 bits per heavy atom. The molecule has 5 N–H and O–H groups in total. The lowest BCUT2D eigenvalue weighted by Crippen LogP contribution is -2.50. The quantitative estimate of drug-likeness (QED) is 0.112. The van der Waals surface area contributed by atoms with Crippen molar-refractivity contribution in [2.45, 2.75) is 12.5 Å². The molecule has 0 amide bonds. The van der Waals surface area contributed by atoms with Crippen LogP contribution in [-0.4, -0.2) is 134 Å². The second-order valence-electron chi connectivity index (χ2n) is 7.96. The number of benzene rings is 1. The van der Waals surface area contributed by atoms with Gasteiger partial charge in [-0.1, -0.05) is 12.1 Å². The second-order valence-corrected chi connectivity index (χ2v) is 8.14. The third-order valence-electron chi connectivity index (χ3n) is 5.11. The number of carboxylic acid groups (broad SMARTS) is 5. The van der Waals surface area contributed by atoms with Crippen LogP contribution in [0.25, 0.3) is 0 Å². The van der Waals surface area contributed by atoms with E-state index in [1.807, 2.05) is 0 Å². The van der Waals surface area contributed by atoms with Crippen molar-refractivity contribution in [2.75, 3.05) is 52.4 Å². The maximum atomic E-state index is 12.2. The van der Waals surface area contributed by atoms with Crippen LogP contribution in [0.3, 0.4) is 0 Å². The van der Waals surface area contributed by atoms with Crippen molar-refractivity contribution in [2.24, 2.45) is 4.99 Å². The fraction of sp³-hybridized carbons (Fsp3) is 0.455. The monoisotopic (exact) mass is 540 g/mol. The summed E-state index contributed by atoms with van der Waals surface area (Å²) in [6, 6.07) is 5.33. The summed E-state index contributed by atoms with van der Waals surface area (Å²) < 4.78 is 0. The molecule has 0 bridgehead atoms. The fourth-order valence-electron chi connectivity index (χ4n) is 3.51. The molecule has 1 atom stereocenters. The lowest BCUT2D eigenvalue weighted by atomic mass is 10.0. The van der Waals surface area contributed by atoms with E-state index in [1.165, 1.54) is 4.90 Å².